The van der Waals surface area contributed by atoms with Gasteiger partial charge in [-0.25, -0.2) is 8.42 Å². The standard InChI is InChI=1S/C14H10N2O4S/c1-2-11-5-3-4-6-14(11)15-21(19,20)13-9-7-12(8-10-13)16(17)18/h1,3-10,15H. The Balaban J connectivity index is 2.34. The lowest BCUT2D eigenvalue weighted by Gasteiger charge is -2.09. The normalized spacial score (nSPS) is 10.6. The summed E-state index contributed by atoms with van der Waals surface area (Å²) in [5, 5.41) is 10.6. The maximum atomic E-state index is 12.2. The summed E-state index contributed by atoms with van der Waals surface area (Å²) >= 11 is 0. The van der Waals surface area contributed by atoms with E-state index in [4.69, 9.17) is 6.42 Å². The second kappa shape index (κ2) is 5.64. The number of nitrogens with one attached hydrogen (secondary N) is 1. The van der Waals surface area contributed by atoms with E-state index in [1.165, 1.54) is 18.2 Å². The number of non-ortho nitro benzene ring substituents is 1. The average Bonchev–Trinajstić information content (AvgIpc) is 2.47. The van der Waals surface area contributed by atoms with Gasteiger partial charge in [0.2, 0.25) is 0 Å². The van der Waals surface area contributed by atoms with Gasteiger partial charge in [0.1, 0.15) is 0 Å². The lowest BCUT2D eigenvalue weighted by atomic mass is 10.2. The van der Waals surface area contributed by atoms with Gasteiger partial charge in [-0.1, -0.05) is 18.1 Å². The van der Waals surface area contributed by atoms with Gasteiger partial charge in [0, 0.05) is 17.7 Å². The first kappa shape index (κ1) is 14.6. The monoisotopic (exact) mass is 302 g/mol. The molecule has 0 bridgehead atoms. The van der Waals surface area contributed by atoms with Gasteiger partial charge in [-0.2, -0.15) is 0 Å². The number of hydrogen-bond donors (Lipinski definition) is 1. The van der Waals surface area contributed by atoms with E-state index in [0.29, 0.717) is 5.56 Å². The van der Waals surface area contributed by atoms with Crippen LogP contribution in [0.1, 0.15) is 5.56 Å². The van der Waals surface area contributed by atoms with E-state index in [0.717, 1.165) is 12.1 Å². The number of nitro benzene ring substituents is 1. The Morgan fingerprint density at radius 2 is 1.71 bits per heavy atom. The molecule has 0 amide bonds. The molecule has 0 aromatic heterocycles. The third-order valence-electron chi connectivity index (χ3n) is 2.68. The van der Waals surface area contributed by atoms with E-state index in [2.05, 4.69) is 10.6 Å². The van der Waals surface area contributed by atoms with Gasteiger partial charge in [0.05, 0.1) is 15.5 Å². The minimum Gasteiger partial charge on any atom is -0.278 e. The number of rotatable bonds is 4. The van der Waals surface area contributed by atoms with Gasteiger partial charge in [-0.3, -0.25) is 14.8 Å². The number of terminal acetylenes is 1. The predicted molar refractivity (Wildman–Crippen MR) is 78.3 cm³/mol. The van der Waals surface area contributed by atoms with Crippen LogP contribution in [0.4, 0.5) is 11.4 Å². The first-order valence-electron chi connectivity index (χ1n) is 5.77. The fourth-order valence-corrected chi connectivity index (χ4v) is 2.73. The molecule has 0 aliphatic heterocycles. The number of nitro groups is 1. The van der Waals surface area contributed by atoms with Crippen molar-refractivity contribution < 1.29 is 13.3 Å². The highest BCUT2D eigenvalue weighted by molar-refractivity contribution is 7.92. The summed E-state index contributed by atoms with van der Waals surface area (Å²) < 4.78 is 26.8. The molecule has 106 valence electrons. The van der Waals surface area contributed by atoms with Gasteiger partial charge >= 0.3 is 0 Å². The molecule has 1 N–H and O–H groups in total. The van der Waals surface area contributed by atoms with Crippen molar-refractivity contribution in [1.29, 1.82) is 0 Å². The molecular weight excluding hydrogens is 292 g/mol. The number of anilines is 1. The molecule has 2 rings (SSSR count). The molecule has 0 unspecified atom stereocenters. The zero-order valence-corrected chi connectivity index (χ0v) is 11.5. The molecule has 7 heteroatoms. The lowest BCUT2D eigenvalue weighted by Crippen LogP contribution is -2.13. The second-order valence-corrected chi connectivity index (χ2v) is 5.73. The first-order chi connectivity index (χ1) is 9.94. The van der Waals surface area contributed by atoms with Gasteiger partial charge in [0.15, 0.2) is 0 Å². The van der Waals surface area contributed by atoms with E-state index in [1.54, 1.807) is 18.2 Å². The smallest absolute Gasteiger partial charge is 0.269 e. The van der Waals surface area contributed by atoms with Crippen LogP contribution in [0.2, 0.25) is 0 Å². The largest absolute Gasteiger partial charge is 0.278 e. The molecule has 0 spiro atoms. The van der Waals surface area contributed by atoms with E-state index < -0.39 is 14.9 Å². The molecule has 0 radical (unpaired) electrons. The Labute approximate surface area is 121 Å². The number of para-hydroxylation sites is 1. The van der Waals surface area contributed by atoms with E-state index in [9.17, 15) is 18.5 Å². The average molecular weight is 302 g/mol. The third kappa shape index (κ3) is 3.19. The summed E-state index contributed by atoms with van der Waals surface area (Å²) in [6, 6.07) is 11.1. The summed E-state index contributed by atoms with van der Waals surface area (Å²) in [7, 11) is -3.86. The molecule has 21 heavy (non-hydrogen) atoms. The Bertz CT molecular complexity index is 821. The topological polar surface area (TPSA) is 89.3 Å². The highest BCUT2D eigenvalue weighted by Gasteiger charge is 2.17. The Hall–Kier alpha value is -2.85. The molecule has 0 aliphatic carbocycles. The highest BCUT2D eigenvalue weighted by Crippen LogP contribution is 2.21. The number of nitrogens with zero attached hydrogens (tertiary/aromatic N) is 1. The molecule has 0 saturated carbocycles. The molecule has 6 nitrogen and oxygen atoms in total. The van der Waals surface area contributed by atoms with Crippen LogP contribution in [0.3, 0.4) is 0 Å². The summed E-state index contributed by atoms with van der Waals surface area (Å²) in [5.41, 5.74) is 0.499. The number of hydrogen-bond acceptors (Lipinski definition) is 4. The number of benzene rings is 2. The predicted octanol–water partition coefficient (Wildman–Crippen LogP) is 2.38. The van der Waals surface area contributed by atoms with Crippen LogP contribution < -0.4 is 4.72 Å². The molecule has 0 saturated heterocycles. The summed E-state index contributed by atoms with van der Waals surface area (Å²) in [4.78, 5) is 9.87. The molecule has 2 aromatic carbocycles. The van der Waals surface area contributed by atoms with Gasteiger partial charge in [0.25, 0.3) is 15.7 Å². The first-order valence-corrected chi connectivity index (χ1v) is 7.25. The summed E-state index contributed by atoms with van der Waals surface area (Å²) in [5.74, 6) is 2.38. The van der Waals surface area contributed by atoms with Crippen LogP contribution in [0.5, 0.6) is 0 Å². The summed E-state index contributed by atoms with van der Waals surface area (Å²) in [6.45, 7) is 0. The minimum atomic E-state index is -3.86. The van der Waals surface area contributed by atoms with Crippen molar-refractivity contribution >= 4 is 21.4 Å². The molecule has 2 aromatic rings. The molecule has 0 aliphatic rings. The van der Waals surface area contributed by atoms with Crippen molar-refractivity contribution in [3.63, 3.8) is 0 Å². The van der Waals surface area contributed by atoms with Crippen molar-refractivity contribution in [2.45, 2.75) is 4.90 Å². The van der Waals surface area contributed by atoms with E-state index >= 15 is 0 Å². The van der Waals surface area contributed by atoms with Gasteiger partial charge in [-0.15, -0.1) is 6.42 Å². The molecule has 0 atom stereocenters. The fraction of sp³-hybridized carbons (Fsp3) is 0. The Morgan fingerprint density at radius 1 is 1.10 bits per heavy atom. The number of sulfonamides is 1. The van der Waals surface area contributed by atoms with Crippen molar-refractivity contribution in [2.24, 2.45) is 0 Å². The molecule has 0 fully saturated rings. The van der Waals surface area contributed by atoms with Crippen LogP contribution in [0.15, 0.2) is 53.4 Å². The van der Waals surface area contributed by atoms with Crippen molar-refractivity contribution in [1.82, 2.24) is 0 Å². The maximum absolute atomic E-state index is 12.2. The molecule has 0 heterocycles. The van der Waals surface area contributed by atoms with Crippen molar-refractivity contribution in [3.8, 4) is 12.3 Å². The zero-order chi connectivity index (χ0) is 15.5. The molecular formula is C14H10N2O4S. The van der Waals surface area contributed by atoms with Crippen molar-refractivity contribution in [3.05, 3.63) is 64.2 Å². The summed E-state index contributed by atoms with van der Waals surface area (Å²) in [6.07, 6.45) is 5.30. The van der Waals surface area contributed by atoms with Crippen LogP contribution >= 0.6 is 0 Å². The maximum Gasteiger partial charge on any atom is 0.269 e. The highest BCUT2D eigenvalue weighted by atomic mass is 32.2. The van der Waals surface area contributed by atoms with E-state index in [1.807, 2.05) is 0 Å². The van der Waals surface area contributed by atoms with Crippen LogP contribution in [0.25, 0.3) is 0 Å². The zero-order valence-electron chi connectivity index (χ0n) is 10.7. The van der Waals surface area contributed by atoms with Crippen LogP contribution in [0, 0.1) is 22.5 Å². The van der Waals surface area contributed by atoms with Gasteiger partial charge in [-0.05, 0) is 24.3 Å². The van der Waals surface area contributed by atoms with Gasteiger partial charge < -0.3 is 0 Å². The van der Waals surface area contributed by atoms with Crippen LogP contribution in [-0.4, -0.2) is 13.3 Å². The van der Waals surface area contributed by atoms with E-state index in [-0.39, 0.29) is 16.3 Å². The Kier molecular flexibility index (Phi) is 3.91. The Morgan fingerprint density at radius 3 is 2.29 bits per heavy atom. The second-order valence-electron chi connectivity index (χ2n) is 4.05. The fourth-order valence-electron chi connectivity index (χ4n) is 1.65. The lowest BCUT2D eigenvalue weighted by molar-refractivity contribution is -0.384. The third-order valence-corrected chi connectivity index (χ3v) is 4.07. The quantitative estimate of drug-likeness (QED) is 0.533. The SMILES string of the molecule is C#Cc1ccccc1NS(=O)(=O)c1ccc([N+](=O)[O-])cc1. The minimum absolute atomic E-state index is 0.0834. The van der Waals surface area contributed by atoms with Crippen molar-refractivity contribution in [2.75, 3.05) is 4.72 Å². The van der Waals surface area contributed by atoms with Crippen LogP contribution in [-0.2, 0) is 10.0 Å².